The molecule has 4 N–H and O–H groups in total. The predicted octanol–water partition coefficient (Wildman–Crippen LogP) is 5.61. The topological polar surface area (TPSA) is 152 Å². The average Bonchev–Trinajstić information content (AvgIpc) is 3.81. The maximum Gasteiger partial charge on any atom is 0.258 e. The maximum absolute atomic E-state index is 13.3. The molecule has 4 aromatic heterocycles. The third-order valence-corrected chi connectivity index (χ3v) is 9.08. The van der Waals surface area contributed by atoms with Crippen LogP contribution in [0.5, 0.6) is 0 Å². The number of hydrogen-bond donors (Lipinski definition) is 4. The molecule has 234 valence electrons. The van der Waals surface area contributed by atoms with Gasteiger partial charge in [0, 0.05) is 57.8 Å². The van der Waals surface area contributed by atoms with Gasteiger partial charge in [0.25, 0.3) is 11.8 Å². The smallest absolute Gasteiger partial charge is 0.258 e. The van der Waals surface area contributed by atoms with Gasteiger partial charge in [0.2, 0.25) is 11.8 Å². The van der Waals surface area contributed by atoms with E-state index >= 15 is 0 Å². The largest absolute Gasteiger partial charge is 0.356 e. The standard InChI is InChI=1S/C32H30N8O4S2/c1-18(41)33-10-4-5-29(42)35-21-7-9-27-24(14-21)37-32(46-27)25-11-19(15-39(25)2)31(44)38-28-12-20(16-40(28)3)30(43)36-22-6-8-26-23(13-22)34-17-45-26/h6-9,11-17H,4-5,10H2,1-3H3,(H,33,41)(H,35,42)(H,36,43)(H,38,44). The van der Waals surface area contributed by atoms with E-state index in [1.54, 1.807) is 41.7 Å². The minimum atomic E-state index is -0.325. The van der Waals surface area contributed by atoms with E-state index in [9.17, 15) is 19.2 Å². The molecule has 46 heavy (non-hydrogen) atoms. The lowest BCUT2D eigenvalue weighted by molar-refractivity contribution is -0.119. The summed E-state index contributed by atoms with van der Waals surface area (Å²) in [6.07, 6.45) is 4.22. The molecular formula is C32H30N8O4S2. The van der Waals surface area contributed by atoms with Gasteiger partial charge in [-0.15, -0.1) is 22.7 Å². The second kappa shape index (κ2) is 12.9. The van der Waals surface area contributed by atoms with Crippen molar-refractivity contribution in [2.45, 2.75) is 19.8 Å². The number of aryl methyl sites for hydroxylation is 2. The number of amides is 4. The summed E-state index contributed by atoms with van der Waals surface area (Å²) in [5.41, 5.74) is 6.18. The summed E-state index contributed by atoms with van der Waals surface area (Å²) in [4.78, 5) is 58.6. The van der Waals surface area contributed by atoms with Gasteiger partial charge < -0.3 is 30.4 Å². The summed E-state index contributed by atoms with van der Waals surface area (Å²) in [5.74, 6) is -0.413. The van der Waals surface area contributed by atoms with Crippen LogP contribution in [0.25, 0.3) is 31.1 Å². The fraction of sp³-hybridized carbons (Fsp3) is 0.188. The lowest BCUT2D eigenvalue weighted by Gasteiger charge is -2.05. The molecular weight excluding hydrogens is 625 g/mol. The number of benzene rings is 2. The van der Waals surface area contributed by atoms with Gasteiger partial charge in [0.15, 0.2) is 0 Å². The molecule has 0 fully saturated rings. The number of nitrogens with one attached hydrogen (secondary N) is 4. The molecule has 0 unspecified atom stereocenters. The van der Waals surface area contributed by atoms with Crippen LogP contribution in [-0.4, -0.2) is 49.3 Å². The normalized spacial score (nSPS) is 11.1. The Kier molecular flexibility index (Phi) is 8.63. The SMILES string of the molecule is CC(=O)NCCCC(=O)Nc1ccc2sc(-c3cc(C(=O)Nc4cc(C(=O)Nc5ccc6scnc6c5)cn4C)cn3C)nc2c1. The van der Waals surface area contributed by atoms with Crippen LogP contribution in [0.15, 0.2) is 66.4 Å². The summed E-state index contributed by atoms with van der Waals surface area (Å²) in [7, 11) is 3.60. The number of aromatic nitrogens is 4. The van der Waals surface area contributed by atoms with Crippen molar-refractivity contribution in [1.82, 2.24) is 24.4 Å². The quantitative estimate of drug-likeness (QED) is 0.141. The summed E-state index contributed by atoms with van der Waals surface area (Å²) in [5, 5.41) is 12.1. The van der Waals surface area contributed by atoms with Gasteiger partial charge >= 0.3 is 0 Å². The fourth-order valence-electron chi connectivity index (χ4n) is 4.89. The molecule has 6 aromatic rings. The van der Waals surface area contributed by atoms with Crippen LogP contribution >= 0.6 is 22.7 Å². The van der Waals surface area contributed by atoms with Crippen LogP contribution in [0, 0.1) is 0 Å². The monoisotopic (exact) mass is 654 g/mol. The van der Waals surface area contributed by atoms with Gasteiger partial charge in [0.1, 0.15) is 10.8 Å². The second-order valence-electron chi connectivity index (χ2n) is 10.7. The molecule has 2 aromatic carbocycles. The highest BCUT2D eigenvalue weighted by molar-refractivity contribution is 7.21. The molecule has 12 nitrogen and oxygen atoms in total. The van der Waals surface area contributed by atoms with Crippen LogP contribution in [0.2, 0.25) is 0 Å². The van der Waals surface area contributed by atoms with E-state index in [0.29, 0.717) is 41.3 Å². The highest BCUT2D eigenvalue weighted by Gasteiger charge is 2.18. The highest BCUT2D eigenvalue weighted by Crippen LogP contribution is 2.33. The first-order chi connectivity index (χ1) is 22.1. The van der Waals surface area contributed by atoms with Crippen molar-refractivity contribution in [3.63, 3.8) is 0 Å². The molecule has 14 heteroatoms. The number of hydrogen-bond acceptors (Lipinski definition) is 8. The molecule has 0 bridgehead atoms. The number of carbonyl (C=O) groups is 4. The Labute approximate surface area is 271 Å². The lowest BCUT2D eigenvalue weighted by Crippen LogP contribution is -2.22. The molecule has 0 atom stereocenters. The number of fused-ring (bicyclic) bond motifs is 2. The molecule has 0 aliphatic rings. The van der Waals surface area contributed by atoms with Crippen LogP contribution < -0.4 is 21.3 Å². The van der Waals surface area contributed by atoms with Gasteiger partial charge in [-0.3, -0.25) is 19.2 Å². The first-order valence-electron chi connectivity index (χ1n) is 14.4. The number of nitrogens with zero attached hydrogens (tertiary/aromatic N) is 4. The first kappa shape index (κ1) is 30.7. The van der Waals surface area contributed by atoms with E-state index in [1.165, 1.54) is 29.6 Å². The first-order valence-corrected chi connectivity index (χ1v) is 16.1. The Bertz CT molecular complexity index is 2120. The molecule has 0 spiro atoms. The third-order valence-electron chi connectivity index (χ3n) is 7.21. The Hall–Kier alpha value is -5.34. The van der Waals surface area contributed by atoms with E-state index in [0.717, 1.165) is 31.1 Å². The van der Waals surface area contributed by atoms with Crippen molar-refractivity contribution in [2.24, 2.45) is 14.1 Å². The highest BCUT2D eigenvalue weighted by atomic mass is 32.1. The van der Waals surface area contributed by atoms with Crippen molar-refractivity contribution < 1.29 is 19.2 Å². The minimum absolute atomic E-state index is 0.121. The number of thiazole rings is 2. The Morgan fingerprint density at radius 1 is 0.804 bits per heavy atom. The lowest BCUT2D eigenvalue weighted by atomic mass is 10.2. The molecule has 4 heterocycles. The minimum Gasteiger partial charge on any atom is -0.356 e. The summed E-state index contributed by atoms with van der Waals surface area (Å²) in [6, 6.07) is 14.5. The van der Waals surface area contributed by atoms with Crippen molar-refractivity contribution in [3.05, 3.63) is 77.6 Å². The number of rotatable bonds is 10. The van der Waals surface area contributed by atoms with E-state index in [-0.39, 0.29) is 30.0 Å². The summed E-state index contributed by atoms with van der Waals surface area (Å²) < 4.78 is 5.51. The molecule has 0 aliphatic carbocycles. The zero-order valence-electron chi connectivity index (χ0n) is 25.2. The zero-order valence-corrected chi connectivity index (χ0v) is 26.8. The van der Waals surface area contributed by atoms with Gasteiger partial charge in [-0.1, -0.05) is 0 Å². The summed E-state index contributed by atoms with van der Waals surface area (Å²) in [6.45, 7) is 1.89. The van der Waals surface area contributed by atoms with Crippen LogP contribution in [0.4, 0.5) is 17.2 Å². The Morgan fingerprint density at radius 3 is 2.30 bits per heavy atom. The van der Waals surface area contributed by atoms with Crippen molar-refractivity contribution in [3.8, 4) is 10.7 Å². The number of anilines is 3. The van der Waals surface area contributed by atoms with E-state index in [4.69, 9.17) is 4.98 Å². The van der Waals surface area contributed by atoms with Crippen LogP contribution in [0.1, 0.15) is 40.5 Å². The molecule has 6 rings (SSSR count). The second-order valence-corrected chi connectivity index (χ2v) is 12.6. The molecule has 0 radical (unpaired) electrons. The fourth-order valence-corrected chi connectivity index (χ4v) is 6.56. The van der Waals surface area contributed by atoms with Gasteiger partial charge in [-0.2, -0.15) is 0 Å². The van der Waals surface area contributed by atoms with E-state index in [1.807, 2.05) is 48.0 Å². The zero-order chi connectivity index (χ0) is 32.4. The van der Waals surface area contributed by atoms with Crippen molar-refractivity contribution >= 4 is 83.9 Å². The Balaban J connectivity index is 1.11. The number of carbonyl (C=O) groups excluding carboxylic acids is 4. The predicted molar refractivity (Wildman–Crippen MR) is 182 cm³/mol. The third kappa shape index (κ3) is 6.82. The molecule has 4 amide bonds. The molecule has 0 saturated carbocycles. The maximum atomic E-state index is 13.3. The van der Waals surface area contributed by atoms with Crippen LogP contribution in [0.3, 0.4) is 0 Å². The van der Waals surface area contributed by atoms with E-state index in [2.05, 4.69) is 26.3 Å². The Morgan fingerprint density at radius 2 is 1.50 bits per heavy atom. The van der Waals surface area contributed by atoms with Gasteiger partial charge in [0.05, 0.1) is 42.8 Å². The van der Waals surface area contributed by atoms with Gasteiger partial charge in [-0.25, -0.2) is 9.97 Å². The van der Waals surface area contributed by atoms with Crippen molar-refractivity contribution in [2.75, 3.05) is 22.5 Å². The summed E-state index contributed by atoms with van der Waals surface area (Å²) >= 11 is 3.02. The van der Waals surface area contributed by atoms with Crippen LogP contribution in [-0.2, 0) is 23.7 Å². The van der Waals surface area contributed by atoms with Crippen molar-refractivity contribution in [1.29, 1.82) is 0 Å². The molecule has 0 saturated heterocycles. The van der Waals surface area contributed by atoms with Gasteiger partial charge in [-0.05, 0) is 55.0 Å². The molecule has 0 aliphatic heterocycles. The van der Waals surface area contributed by atoms with E-state index < -0.39 is 0 Å². The average molecular weight is 655 g/mol.